The minimum Gasteiger partial charge on any atom is -0.353 e. The van der Waals surface area contributed by atoms with E-state index in [-0.39, 0.29) is 17.6 Å². The Bertz CT molecular complexity index is 820. The number of aromatic nitrogens is 2. The van der Waals surface area contributed by atoms with Gasteiger partial charge in [-0.05, 0) is 44.0 Å². The third-order valence-corrected chi connectivity index (χ3v) is 4.33. The summed E-state index contributed by atoms with van der Waals surface area (Å²) in [6.07, 6.45) is -0.309. The molecule has 0 radical (unpaired) electrons. The Balaban J connectivity index is 1.78. The van der Waals surface area contributed by atoms with Crippen LogP contribution in [-0.4, -0.2) is 28.1 Å². The van der Waals surface area contributed by atoms with Gasteiger partial charge in [0.25, 0.3) is 5.91 Å². The second kappa shape index (κ2) is 7.81. The number of nitrogens with one attached hydrogen (secondary N) is 3. The molecule has 0 atom stereocenters. The van der Waals surface area contributed by atoms with Gasteiger partial charge in [-0.3, -0.25) is 9.89 Å². The van der Waals surface area contributed by atoms with Gasteiger partial charge in [0.05, 0.1) is 11.3 Å². The van der Waals surface area contributed by atoms with Gasteiger partial charge in [-0.2, -0.15) is 23.3 Å². The van der Waals surface area contributed by atoms with Gasteiger partial charge in [-0.25, -0.2) is 0 Å². The van der Waals surface area contributed by atoms with E-state index in [4.69, 9.17) is 0 Å². The maximum absolute atomic E-state index is 12.7. The van der Waals surface area contributed by atoms with Crippen LogP contribution in [0.4, 0.5) is 19.0 Å². The summed E-state index contributed by atoms with van der Waals surface area (Å²) in [7, 11) is 0. The highest BCUT2D eigenvalue weighted by Gasteiger charge is 2.30. The molecule has 1 amide bonds. The van der Waals surface area contributed by atoms with Crippen LogP contribution in [0.2, 0.25) is 0 Å². The SMILES string of the molecule is Cc1cc(N/C(=N\C(=O)c2ccc(C(F)(F)F)cc2)NC2CCCC2)[nH]n1. The molecular formula is C18H20F3N5O. The van der Waals surface area contributed by atoms with E-state index in [9.17, 15) is 18.0 Å². The van der Waals surface area contributed by atoms with Gasteiger partial charge in [0.15, 0.2) is 0 Å². The number of alkyl halides is 3. The molecule has 1 aromatic heterocycles. The number of guanidine groups is 1. The highest BCUT2D eigenvalue weighted by Crippen LogP contribution is 2.29. The van der Waals surface area contributed by atoms with Crippen molar-refractivity contribution in [2.45, 2.75) is 44.8 Å². The van der Waals surface area contributed by atoms with Crippen LogP contribution in [0.15, 0.2) is 35.3 Å². The van der Waals surface area contributed by atoms with Gasteiger partial charge < -0.3 is 10.6 Å². The van der Waals surface area contributed by atoms with Crippen molar-refractivity contribution in [1.29, 1.82) is 0 Å². The number of benzene rings is 1. The molecule has 0 unspecified atom stereocenters. The second-order valence-electron chi connectivity index (χ2n) is 6.51. The fourth-order valence-corrected chi connectivity index (χ4v) is 2.94. The summed E-state index contributed by atoms with van der Waals surface area (Å²) in [6, 6.07) is 5.95. The maximum atomic E-state index is 12.7. The summed E-state index contributed by atoms with van der Waals surface area (Å²) in [5.74, 6) is 0.181. The molecule has 1 aliphatic rings. The number of halogens is 3. The Morgan fingerprint density at radius 1 is 1.22 bits per heavy atom. The Kier molecular flexibility index (Phi) is 5.48. The second-order valence-corrected chi connectivity index (χ2v) is 6.51. The van der Waals surface area contributed by atoms with Crippen molar-refractivity contribution < 1.29 is 18.0 Å². The highest BCUT2D eigenvalue weighted by atomic mass is 19.4. The van der Waals surface area contributed by atoms with E-state index >= 15 is 0 Å². The molecule has 6 nitrogen and oxygen atoms in total. The molecule has 1 aliphatic carbocycles. The average molecular weight is 379 g/mol. The molecule has 3 rings (SSSR count). The Labute approximate surface area is 154 Å². The van der Waals surface area contributed by atoms with Crippen molar-refractivity contribution in [1.82, 2.24) is 15.5 Å². The van der Waals surface area contributed by atoms with E-state index in [0.29, 0.717) is 5.82 Å². The fourth-order valence-electron chi connectivity index (χ4n) is 2.94. The summed E-state index contributed by atoms with van der Waals surface area (Å²) in [6.45, 7) is 1.82. The molecule has 0 spiro atoms. The molecule has 0 saturated heterocycles. The first-order valence-corrected chi connectivity index (χ1v) is 8.67. The average Bonchev–Trinajstić information content (AvgIpc) is 3.26. The molecule has 1 saturated carbocycles. The number of hydrogen-bond donors (Lipinski definition) is 3. The maximum Gasteiger partial charge on any atom is 0.416 e. The lowest BCUT2D eigenvalue weighted by molar-refractivity contribution is -0.137. The number of rotatable bonds is 3. The number of carbonyl (C=O) groups is 1. The van der Waals surface area contributed by atoms with Crippen LogP contribution < -0.4 is 10.6 Å². The van der Waals surface area contributed by atoms with Gasteiger partial charge in [0.1, 0.15) is 5.82 Å². The number of H-pyrrole nitrogens is 1. The molecule has 9 heteroatoms. The third-order valence-electron chi connectivity index (χ3n) is 4.33. The first-order chi connectivity index (χ1) is 12.8. The zero-order valence-electron chi connectivity index (χ0n) is 14.7. The summed E-state index contributed by atoms with van der Waals surface area (Å²) >= 11 is 0. The molecule has 0 bridgehead atoms. The fraction of sp³-hybridized carbons (Fsp3) is 0.389. The lowest BCUT2D eigenvalue weighted by atomic mass is 10.1. The first kappa shape index (κ1) is 18.9. The number of carbonyl (C=O) groups excluding carboxylic acids is 1. The van der Waals surface area contributed by atoms with Gasteiger partial charge in [-0.1, -0.05) is 12.8 Å². The van der Waals surface area contributed by atoms with Crippen molar-refractivity contribution in [2.75, 3.05) is 5.32 Å². The molecule has 3 N–H and O–H groups in total. The van der Waals surface area contributed by atoms with E-state index in [1.54, 1.807) is 6.07 Å². The minimum absolute atomic E-state index is 0.0799. The van der Waals surface area contributed by atoms with E-state index < -0.39 is 17.6 Å². The van der Waals surface area contributed by atoms with Crippen LogP contribution in [0.3, 0.4) is 0 Å². The quantitative estimate of drug-likeness (QED) is 0.558. The van der Waals surface area contributed by atoms with Crippen molar-refractivity contribution in [2.24, 2.45) is 4.99 Å². The van der Waals surface area contributed by atoms with Gasteiger partial charge in [-0.15, -0.1) is 0 Å². The lowest BCUT2D eigenvalue weighted by Crippen LogP contribution is -2.38. The summed E-state index contributed by atoms with van der Waals surface area (Å²) in [5, 5.41) is 13.0. The third kappa shape index (κ3) is 5.08. The van der Waals surface area contributed by atoms with Crippen molar-refractivity contribution in [3.05, 3.63) is 47.2 Å². The van der Waals surface area contributed by atoms with Crippen LogP contribution in [-0.2, 0) is 6.18 Å². The summed E-state index contributed by atoms with van der Waals surface area (Å²) < 4.78 is 38.0. The number of amides is 1. The van der Waals surface area contributed by atoms with Crippen LogP contribution in [0.5, 0.6) is 0 Å². The van der Waals surface area contributed by atoms with E-state index in [1.807, 2.05) is 6.92 Å². The predicted octanol–water partition coefficient (Wildman–Crippen LogP) is 3.88. The minimum atomic E-state index is -4.44. The van der Waals surface area contributed by atoms with E-state index in [0.717, 1.165) is 55.6 Å². The van der Waals surface area contributed by atoms with E-state index in [1.165, 1.54) is 0 Å². The largest absolute Gasteiger partial charge is 0.416 e. The molecule has 27 heavy (non-hydrogen) atoms. The predicted molar refractivity (Wildman–Crippen MR) is 95.5 cm³/mol. The van der Waals surface area contributed by atoms with Crippen LogP contribution in [0.25, 0.3) is 0 Å². The number of aromatic amines is 1. The number of aryl methyl sites for hydroxylation is 1. The molecule has 1 heterocycles. The molecule has 0 aliphatic heterocycles. The topological polar surface area (TPSA) is 82.2 Å². The van der Waals surface area contributed by atoms with Crippen molar-refractivity contribution in [3.8, 4) is 0 Å². The molecule has 1 aromatic carbocycles. The number of nitrogens with zero attached hydrogens (tertiary/aromatic N) is 2. The van der Waals surface area contributed by atoms with Gasteiger partial charge >= 0.3 is 6.18 Å². The molecular weight excluding hydrogens is 359 g/mol. The number of aliphatic imine (C=N–C) groups is 1. The summed E-state index contributed by atoms with van der Waals surface area (Å²) in [4.78, 5) is 16.4. The summed E-state index contributed by atoms with van der Waals surface area (Å²) in [5.41, 5.74) is 0.0430. The highest BCUT2D eigenvalue weighted by molar-refractivity contribution is 6.06. The monoisotopic (exact) mass is 379 g/mol. The molecule has 1 fully saturated rings. The normalized spacial score (nSPS) is 15.8. The first-order valence-electron chi connectivity index (χ1n) is 8.67. The van der Waals surface area contributed by atoms with Crippen LogP contribution >= 0.6 is 0 Å². The standard InChI is InChI=1S/C18H20F3N5O/c1-11-10-15(26-25-11)23-17(22-14-4-2-3-5-14)24-16(27)12-6-8-13(9-7-12)18(19,20)21/h6-10,14H,2-5H2,1H3,(H3,22,23,24,25,26,27). The smallest absolute Gasteiger partial charge is 0.353 e. The lowest BCUT2D eigenvalue weighted by Gasteiger charge is -2.16. The molecule has 2 aromatic rings. The van der Waals surface area contributed by atoms with Gasteiger partial charge in [0, 0.05) is 17.7 Å². The van der Waals surface area contributed by atoms with Crippen molar-refractivity contribution in [3.63, 3.8) is 0 Å². The Hall–Kier alpha value is -2.84. The van der Waals surface area contributed by atoms with Crippen LogP contribution in [0.1, 0.15) is 47.3 Å². The van der Waals surface area contributed by atoms with E-state index in [2.05, 4.69) is 25.8 Å². The Morgan fingerprint density at radius 2 is 1.89 bits per heavy atom. The zero-order chi connectivity index (χ0) is 19.4. The molecule has 144 valence electrons. The Morgan fingerprint density at radius 3 is 2.44 bits per heavy atom. The zero-order valence-corrected chi connectivity index (χ0v) is 14.7. The van der Waals surface area contributed by atoms with Crippen LogP contribution in [0, 0.1) is 6.92 Å². The number of anilines is 1. The van der Waals surface area contributed by atoms with Crippen molar-refractivity contribution >= 4 is 17.7 Å². The van der Waals surface area contributed by atoms with Gasteiger partial charge in [0.2, 0.25) is 5.96 Å². The number of hydrogen-bond acceptors (Lipinski definition) is 2.